The number of carbonyl (C=O) groups is 1. The maximum absolute atomic E-state index is 12.4. The van der Waals surface area contributed by atoms with Crippen LogP contribution in [0.3, 0.4) is 0 Å². The Morgan fingerprint density at radius 3 is 2.82 bits per heavy atom. The van der Waals surface area contributed by atoms with Gasteiger partial charge in [0.1, 0.15) is 5.82 Å². The van der Waals surface area contributed by atoms with E-state index < -0.39 is 0 Å². The van der Waals surface area contributed by atoms with Crippen molar-refractivity contribution >= 4 is 17.2 Å². The molecule has 6 nitrogen and oxygen atoms in total. The maximum atomic E-state index is 12.4. The average molecular weight is 318 g/mol. The molecule has 1 aliphatic rings. The minimum Gasteiger partial charge on any atom is -0.332 e. The zero-order chi connectivity index (χ0) is 15.9. The summed E-state index contributed by atoms with van der Waals surface area (Å²) >= 11 is 1.58. The van der Waals surface area contributed by atoms with Crippen molar-refractivity contribution in [1.29, 1.82) is 0 Å². The van der Waals surface area contributed by atoms with E-state index >= 15 is 0 Å². The molecule has 0 saturated heterocycles. The zero-order valence-electron chi connectivity index (χ0n) is 12.9. The molecular weight excluding hydrogens is 300 g/mol. The number of carbonyl (C=O) groups excluding carboxylic acids is 1. The second kappa shape index (κ2) is 5.64. The second-order valence-corrected chi connectivity index (χ2v) is 6.50. The molecule has 7 heteroatoms. The molecule has 0 aromatic carbocycles. The van der Waals surface area contributed by atoms with Gasteiger partial charge in [-0.05, 0) is 20.3 Å². The van der Waals surface area contributed by atoms with Crippen LogP contribution < -0.4 is 5.56 Å². The Balaban J connectivity index is 1.70. The Hall–Kier alpha value is -2.02. The molecule has 2 aromatic heterocycles. The molecule has 0 bridgehead atoms. The summed E-state index contributed by atoms with van der Waals surface area (Å²) in [6.45, 7) is 4.57. The van der Waals surface area contributed by atoms with Gasteiger partial charge in [-0.1, -0.05) is 0 Å². The molecule has 0 fully saturated rings. The summed E-state index contributed by atoms with van der Waals surface area (Å²) in [4.78, 5) is 36.1. The molecule has 3 rings (SSSR count). The first kappa shape index (κ1) is 14.9. The van der Waals surface area contributed by atoms with Gasteiger partial charge in [0.2, 0.25) is 5.91 Å². The fraction of sp³-hybridized carbons (Fsp3) is 0.467. The predicted molar refractivity (Wildman–Crippen MR) is 83.6 cm³/mol. The van der Waals surface area contributed by atoms with Crippen molar-refractivity contribution in [2.75, 3.05) is 0 Å². The number of fused-ring (bicyclic) bond motifs is 1. The van der Waals surface area contributed by atoms with E-state index in [1.807, 2.05) is 6.92 Å². The molecule has 0 aliphatic carbocycles. The van der Waals surface area contributed by atoms with Gasteiger partial charge < -0.3 is 4.90 Å². The molecule has 1 amide bonds. The van der Waals surface area contributed by atoms with Crippen molar-refractivity contribution < 1.29 is 4.79 Å². The van der Waals surface area contributed by atoms with Gasteiger partial charge in [0.25, 0.3) is 5.56 Å². The number of nitrogens with zero attached hydrogens (tertiary/aromatic N) is 4. The number of aryl methyl sites for hydroxylation is 3. The summed E-state index contributed by atoms with van der Waals surface area (Å²) < 4.78 is 1.54. The lowest BCUT2D eigenvalue weighted by Crippen LogP contribution is -2.27. The molecule has 0 atom stereocenters. The number of amides is 1. The van der Waals surface area contributed by atoms with Crippen LogP contribution in [0.2, 0.25) is 0 Å². The molecule has 3 heterocycles. The Morgan fingerprint density at radius 2 is 2.14 bits per heavy atom. The molecule has 2 aromatic rings. The zero-order valence-corrected chi connectivity index (χ0v) is 13.7. The first-order valence-electron chi connectivity index (χ1n) is 7.19. The molecule has 0 unspecified atom stereocenters. The van der Waals surface area contributed by atoms with Crippen LogP contribution in [0.5, 0.6) is 0 Å². The van der Waals surface area contributed by atoms with Crippen LogP contribution in [0.1, 0.15) is 34.1 Å². The van der Waals surface area contributed by atoms with Gasteiger partial charge in [0.15, 0.2) is 0 Å². The molecule has 116 valence electrons. The summed E-state index contributed by atoms with van der Waals surface area (Å²) in [5, 5.41) is 0. The number of rotatable bonds is 3. The molecule has 22 heavy (non-hydrogen) atoms. The standard InChI is InChI=1S/C15H18N4O2S/c1-9-13(22-8-16-9)4-5-14(20)19-6-11-12(7-19)17-10(2)18(3)15(11)21/h8H,4-7H2,1-3H3. The average Bonchev–Trinajstić information content (AvgIpc) is 3.09. The van der Waals surface area contributed by atoms with Gasteiger partial charge in [-0.2, -0.15) is 0 Å². The van der Waals surface area contributed by atoms with Crippen LogP contribution in [0.4, 0.5) is 0 Å². The van der Waals surface area contributed by atoms with Gasteiger partial charge >= 0.3 is 0 Å². The lowest BCUT2D eigenvalue weighted by Gasteiger charge is -2.14. The number of thiazole rings is 1. The number of hydrogen-bond acceptors (Lipinski definition) is 5. The highest BCUT2D eigenvalue weighted by molar-refractivity contribution is 7.09. The maximum Gasteiger partial charge on any atom is 0.258 e. The topological polar surface area (TPSA) is 68.1 Å². The quantitative estimate of drug-likeness (QED) is 0.856. The highest BCUT2D eigenvalue weighted by Crippen LogP contribution is 2.20. The first-order chi connectivity index (χ1) is 10.5. The van der Waals surface area contributed by atoms with Crippen molar-refractivity contribution in [3.8, 4) is 0 Å². The third-order valence-electron chi connectivity index (χ3n) is 4.15. The van der Waals surface area contributed by atoms with Gasteiger partial charge in [-0.3, -0.25) is 14.2 Å². The molecule has 1 aliphatic heterocycles. The van der Waals surface area contributed by atoms with E-state index in [9.17, 15) is 9.59 Å². The van der Waals surface area contributed by atoms with Crippen molar-refractivity contribution in [3.05, 3.63) is 43.5 Å². The monoisotopic (exact) mass is 318 g/mol. The van der Waals surface area contributed by atoms with Gasteiger partial charge in [0, 0.05) is 18.3 Å². The molecule has 0 N–H and O–H groups in total. The van der Waals surface area contributed by atoms with Crippen LogP contribution >= 0.6 is 11.3 Å². The van der Waals surface area contributed by atoms with Gasteiger partial charge in [-0.25, -0.2) is 9.97 Å². The van der Waals surface area contributed by atoms with Crippen molar-refractivity contribution in [2.24, 2.45) is 7.05 Å². The van der Waals surface area contributed by atoms with E-state index in [1.165, 1.54) is 4.57 Å². The largest absolute Gasteiger partial charge is 0.332 e. The molecular formula is C15H18N4O2S. The summed E-state index contributed by atoms with van der Waals surface area (Å²) in [6.07, 6.45) is 1.14. The normalized spacial score (nSPS) is 13.5. The minimum absolute atomic E-state index is 0.0453. The minimum atomic E-state index is -0.0453. The van der Waals surface area contributed by atoms with Crippen molar-refractivity contribution in [2.45, 2.75) is 39.8 Å². The summed E-state index contributed by atoms with van der Waals surface area (Å²) in [5.74, 6) is 0.740. The fourth-order valence-corrected chi connectivity index (χ4v) is 3.43. The Bertz CT molecular complexity index is 793. The highest BCUT2D eigenvalue weighted by Gasteiger charge is 2.27. The Kier molecular flexibility index (Phi) is 3.82. The third-order valence-corrected chi connectivity index (χ3v) is 5.14. The number of aromatic nitrogens is 3. The van der Waals surface area contributed by atoms with Crippen LogP contribution in [0.15, 0.2) is 10.3 Å². The Morgan fingerprint density at radius 1 is 1.36 bits per heavy atom. The SMILES string of the molecule is Cc1ncsc1CCC(=O)N1Cc2nc(C)n(C)c(=O)c2C1. The lowest BCUT2D eigenvalue weighted by molar-refractivity contribution is -0.131. The number of hydrogen-bond donors (Lipinski definition) is 0. The molecule has 0 saturated carbocycles. The van der Waals surface area contributed by atoms with E-state index in [2.05, 4.69) is 9.97 Å². The smallest absolute Gasteiger partial charge is 0.258 e. The van der Waals surface area contributed by atoms with E-state index in [0.29, 0.717) is 37.3 Å². The first-order valence-corrected chi connectivity index (χ1v) is 8.07. The van der Waals surface area contributed by atoms with Gasteiger partial charge in [-0.15, -0.1) is 11.3 Å². The third kappa shape index (κ3) is 2.56. The van der Waals surface area contributed by atoms with E-state index in [-0.39, 0.29) is 11.5 Å². The van der Waals surface area contributed by atoms with Gasteiger partial charge in [0.05, 0.1) is 35.6 Å². The highest BCUT2D eigenvalue weighted by atomic mass is 32.1. The summed E-state index contributed by atoms with van der Waals surface area (Å²) in [5.41, 5.74) is 4.14. The van der Waals surface area contributed by atoms with Crippen molar-refractivity contribution in [3.63, 3.8) is 0 Å². The van der Waals surface area contributed by atoms with Crippen molar-refractivity contribution in [1.82, 2.24) is 19.4 Å². The Labute approximate surface area is 132 Å². The van der Waals surface area contributed by atoms with Crippen LogP contribution in [0, 0.1) is 13.8 Å². The molecule has 0 spiro atoms. The lowest BCUT2D eigenvalue weighted by atomic mass is 10.2. The van der Waals surface area contributed by atoms with Crippen LogP contribution in [-0.2, 0) is 31.4 Å². The van der Waals surface area contributed by atoms with E-state index in [0.717, 1.165) is 16.3 Å². The summed E-state index contributed by atoms with van der Waals surface area (Å²) in [6, 6.07) is 0. The fourth-order valence-electron chi connectivity index (χ4n) is 2.65. The van der Waals surface area contributed by atoms with E-state index in [4.69, 9.17) is 0 Å². The van der Waals surface area contributed by atoms with Crippen LogP contribution in [-0.4, -0.2) is 25.3 Å². The predicted octanol–water partition coefficient (Wildman–Crippen LogP) is 1.33. The van der Waals surface area contributed by atoms with E-state index in [1.54, 1.807) is 35.7 Å². The summed E-state index contributed by atoms with van der Waals surface area (Å²) in [7, 11) is 1.71. The molecule has 0 radical (unpaired) electrons. The van der Waals surface area contributed by atoms with Crippen LogP contribution in [0.25, 0.3) is 0 Å². The second-order valence-electron chi connectivity index (χ2n) is 5.56.